The molecular formula is C14H20N2O. The Labute approximate surface area is 103 Å². The lowest BCUT2D eigenvalue weighted by Gasteiger charge is -2.35. The number of nitrogens with zero attached hydrogens (tertiary/aromatic N) is 2. The van der Waals surface area contributed by atoms with Gasteiger partial charge >= 0.3 is 0 Å². The first-order chi connectivity index (χ1) is 8.27. The average Bonchev–Trinajstić information content (AvgIpc) is 2.66. The van der Waals surface area contributed by atoms with Crippen molar-refractivity contribution in [3.63, 3.8) is 0 Å². The SMILES string of the molecule is CC.CN1CCN2C(=O)c3ccccc3C2C1. The minimum absolute atomic E-state index is 0.212. The molecule has 1 aromatic rings. The Kier molecular flexibility index (Phi) is 3.48. The Morgan fingerprint density at radius 3 is 2.65 bits per heavy atom. The minimum atomic E-state index is 0.212. The summed E-state index contributed by atoms with van der Waals surface area (Å²) in [5.74, 6) is 0.212. The second kappa shape index (κ2) is 4.88. The van der Waals surface area contributed by atoms with E-state index in [4.69, 9.17) is 0 Å². The summed E-state index contributed by atoms with van der Waals surface area (Å²) >= 11 is 0. The van der Waals surface area contributed by atoms with Gasteiger partial charge in [0.1, 0.15) is 0 Å². The fourth-order valence-electron chi connectivity index (χ4n) is 2.57. The zero-order chi connectivity index (χ0) is 12.4. The van der Waals surface area contributed by atoms with Crippen LogP contribution in [0, 0.1) is 0 Å². The van der Waals surface area contributed by atoms with Crippen molar-refractivity contribution >= 4 is 5.91 Å². The van der Waals surface area contributed by atoms with Gasteiger partial charge in [-0.25, -0.2) is 0 Å². The summed E-state index contributed by atoms with van der Waals surface area (Å²) in [5, 5.41) is 0. The van der Waals surface area contributed by atoms with Gasteiger partial charge in [0, 0.05) is 25.2 Å². The molecule has 17 heavy (non-hydrogen) atoms. The first kappa shape index (κ1) is 12.1. The van der Waals surface area contributed by atoms with Crippen LogP contribution in [0.15, 0.2) is 24.3 Å². The molecule has 0 saturated carbocycles. The number of hydrogen-bond acceptors (Lipinski definition) is 2. The number of piperazine rings is 1. The van der Waals surface area contributed by atoms with Crippen molar-refractivity contribution in [2.45, 2.75) is 19.9 Å². The molecule has 0 bridgehead atoms. The summed E-state index contributed by atoms with van der Waals surface area (Å²) in [4.78, 5) is 16.3. The van der Waals surface area contributed by atoms with Gasteiger partial charge in [-0.1, -0.05) is 32.0 Å². The fraction of sp³-hybridized carbons (Fsp3) is 0.500. The maximum atomic E-state index is 12.0. The fourth-order valence-corrected chi connectivity index (χ4v) is 2.57. The van der Waals surface area contributed by atoms with E-state index in [1.807, 2.05) is 36.9 Å². The molecular weight excluding hydrogens is 212 g/mol. The van der Waals surface area contributed by atoms with Crippen LogP contribution in [-0.2, 0) is 0 Å². The van der Waals surface area contributed by atoms with Crippen molar-refractivity contribution in [2.24, 2.45) is 0 Å². The van der Waals surface area contributed by atoms with E-state index in [9.17, 15) is 4.79 Å². The standard InChI is InChI=1S/C12H14N2O.C2H6/c1-13-6-7-14-11(8-13)9-4-2-3-5-10(9)12(14)15;1-2/h2-5,11H,6-8H2,1H3;1-2H3. The first-order valence-corrected chi connectivity index (χ1v) is 6.36. The van der Waals surface area contributed by atoms with Gasteiger partial charge in [-0.2, -0.15) is 0 Å². The van der Waals surface area contributed by atoms with E-state index >= 15 is 0 Å². The van der Waals surface area contributed by atoms with Crippen LogP contribution in [0.1, 0.15) is 35.8 Å². The summed E-state index contributed by atoms with van der Waals surface area (Å²) in [7, 11) is 2.11. The second-order valence-corrected chi connectivity index (χ2v) is 4.36. The van der Waals surface area contributed by atoms with Gasteiger partial charge in [0.25, 0.3) is 5.91 Å². The average molecular weight is 232 g/mol. The van der Waals surface area contributed by atoms with Gasteiger partial charge in [-0.05, 0) is 18.7 Å². The van der Waals surface area contributed by atoms with E-state index in [1.165, 1.54) is 5.56 Å². The van der Waals surface area contributed by atoms with Crippen molar-refractivity contribution in [2.75, 3.05) is 26.7 Å². The lowest BCUT2D eigenvalue weighted by atomic mass is 10.0. The smallest absolute Gasteiger partial charge is 0.254 e. The number of fused-ring (bicyclic) bond motifs is 3. The van der Waals surface area contributed by atoms with Crippen molar-refractivity contribution in [1.29, 1.82) is 0 Å². The van der Waals surface area contributed by atoms with Gasteiger partial charge in [0.15, 0.2) is 0 Å². The highest BCUT2D eigenvalue weighted by Crippen LogP contribution is 2.35. The van der Waals surface area contributed by atoms with E-state index in [0.717, 1.165) is 25.2 Å². The Balaban J connectivity index is 0.000000514. The molecule has 1 fully saturated rings. The van der Waals surface area contributed by atoms with Crippen LogP contribution in [0.3, 0.4) is 0 Å². The zero-order valence-corrected chi connectivity index (χ0v) is 10.8. The number of carbonyl (C=O) groups excluding carboxylic acids is 1. The summed E-state index contributed by atoms with van der Waals surface area (Å²) < 4.78 is 0. The third-order valence-electron chi connectivity index (χ3n) is 3.39. The largest absolute Gasteiger partial charge is 0.329 e. The van der Waals surface area contributed by atoms with Crippen molar-refractivity contribution in [3.05, 3.63) is 35.4 Å². The van der Waals surface area contributed by atoms with E-state index in [1.54, 1.807) is 0 Å². The zero-order valence-electron chi connectivity index (χ0n) is 10.8. The molecule has 0 aliphatic carbocycles. The molecule has 0 N–H and O–H groups in total. The molecule has 2 aliphatic heterocycles. The van der Waals surface area contributed by atoms with E-state index < -0.39 is 0 Å². The van der Waals surface area contributed by atoms with Gasteiger partial charge in [-0.3, -0.25) is 4.79 Å². The molecule has 2 heterocycles. The van der Waals surface area contributed by atoms with E-state index in [2.05, 4.69) is 18.0 Å². The molecule has 1 saturated heterocycles. The minimum Gasteiger partial charge on any atom is -0.329 e. The molecule has 0 spiro atoms. The molecule has 2 aliphatic rings. The van der Waals surface area contributed by atoms with Crippen LogP contribution in [-0.4, -0.2) is 42.4 Å². The maximum Gasteiger partial charge on any atom is 0.254 e. The third kappa shape index (κ3) is 1.95. The number of carbonyl (C=O) groups is 1. The van der Waals surface area contributed by atoms with Crippen molar-refractivity contribution < 1.29 is 4.79 Å². The highest BCUT2D eigenvalue weighted by atomic mass is 16.2. The lowest BCUT2D eigenvalue weighted by molar-refractivity contribution is 0.0570. The number of benzene rings is 1. The molecule has 92 valence electrons. The van der Waals surface area contributed by atoms with Crippen LogP contribution < -0.4 is 0 Å². The highest BCUT2D eigenvalue weighted by molar-refractivity contribution is 5.99. The number of amides is 1. The predicted molar refractivity (Wildman–Crippen MR) is 69.1 cm³/mol. The number of hydrogen-bond donors (Lipinski definition) is 0. The summed E-state index contributed by atoms with van der Waals surface area (Å²) in [5.41, 5.74) is 2.10. The summed E-state index contributed by atoms with van der Waals surface area (Å²) in [6, 6.07) is 8.27. The Morgan fingerprint density at radius 1 is 1.18 bits per heavy atom. The van der Waals surface area contributed by atoms with Crippen molar-refractivity contribution in [3.8, 4) is 0 Å². The Morgan fingerprint density at radius 2 is 1.88 bits per heavy atom. The second-order valence-electron chi connectivity index (χ2n) is 4.36. The summed E-state index contributed by atoms with van der Waals surface area (Å²) in [6.07, 6.45) is 0. The molecule has 1 unspecified atom stereocenters. The number of rotatable bonds is 0. The first-order valence-electron chi connectivity index (χ1n) is 6.36. The normalized spacial score (nSPS) is 22.6. The van der Waals surface area contributed by atoms with Gasteiger partial charge in [0.05, 0.1) is 6.04 Å². The molecule has 0 radical (unpaired) electrons. The molecule has 1 atom stereocenters. The van der Waals surface area contributed by atoms with E-state index in [-0.39, 0.29) is 11.9 Å². The molecule has 3 rings (SSSR count). The van der Waals surface area contributed by atoms with E-state index in [0.29, 0.717) is 0 Å². The van der Waals surface area contributed by atoms with Crippen LogP contribution in [0.25, 0.3) is 0 Å². The number of likely N-dealkylation sites (N-methyl/N-ethyl adjacent to an activating group) is 1. The molecule has 1 amide bonds. The molecule has 3 nitrogen and oxygen atoms in total. The summed E-state index contributed by atoms with van der Waals surface area (Å²) in [6.45, 7) is 6.80. The topological polar surface area (TPSA) is 23.6 Å². The molecule has 1 aromatic carbocycles. The van der Waals surface area contributed by atoms with Gasteiger partial charge < -0.3 is 9.80 Å². The third-order valence-corrected chi connectivity index (χ3v) is 3.39. The van der Waals surface area contributed by atoms with Crippen LogP contribution in [0.4, 0.5) is 0 Å². The monoisotopic (exact) mass is 232 g/mol. The van der Waals surface area contributed by atoms with Crippen LogP contribution in [0.5, 0.6) is 0 Å². The van der Waals surface area contributed by atoms with Crippen LogP contribution >= 0.6 is 0 Å². The van der Waals surface area contributed by atoms with Crippen molar-refractivity contribution in [1.82, 2.24) is 9.80 Å². The molecule has 3 heteroatoms. The Bertz CT molecular complexity index is 416. The van der Waals surface area contributed by atoms with Crippen LogP contribution in [0.2, 0.25) is 0 Å². The highest BCUT2D eigenvalue weighted by Gasteiger charge is 2.38. The van der Waals surface area contributed by atoms with Gasteiger partial charge in [-0.15, -0.1) is 0 Å². The lowest BCUT2D eigenvalue weighted by Crippen LogP contribution is -2.45. The molecule has 0 aromatic heterocycles. The quantitative estimate of drug-likeness (QED) is 0.684. The Hall–Kier alpha value is -1.35. The predicted octanol–water partition coefficient (Wildman–Crippen LogP) is 2.16. The maximum absolute atomic E-state index is 12.0. The van der Waals surface area contributed by atoms with Gasteiger partial charge in [0.2, 0.25) is 0 Å².